The standard InChI is InChI=1S/C14H21FN2O/c1-4-10(2)16-9-14(18)17-11(3)12-5-7-13(15)8-6-12/h5-8,10-11,16H,4,9H2,1-3H3,(H,17,18)/t10?,11-/m0/s1. The van der Waals surface area contributed by atoms with Crippen LogP contribution in [0.4, 0.5) is 4.39 Å². The lowest BCUT2D eigenvalue weighted by atomic mass is 10.1. The van der Waals surface area contributed by atoms with Crippen LogP contribution in [0.3, 0.4) is 0 Å². The molecule has 0 aliphatic rings. The first-order valence-corrected chi connectivity index (χ1v) is 6.31. The Morgan fingerprint density at radius 1 is 1.28 bits per heavy atom. The van der Waals surface area contributed by atoms with Gasteiger partial charge in [0.1, 0.15) is 5.82 Å². The molecule has 0 saturated carbocycles. The molecule has 0 aliphatic heterocycles. The van der Waals surface area contributed by atoms with Crippen LogP contribution in [0, 0.1) is 5.82 Å². The van der Waals surface area contributed by atoms with E-state index in [1.165, 1.54) is 12.1 Å². The van der Waals surface area contributed by atoms with Crippen LogP contribution in [0.25, 0.3) is 0 Å². The quantitative estimate of drug-likeness (QED) is 0.816. The lowest BCUT2D eigenvalue weighted by molar-refractivity contribution is -0.121. The Hall–Kier alpha value is -1.42. The Morgan fingerprint density at radius 2 is 1.89 bits per heavy atom. The fraction of sp³-hybridized carbons (Fsp3) is 0.500. The van der Waals surface area contributed by atoms with Gasteiger partial charge in [-0.1, -0.05) is 19.1 Å². The van der Waals surface area contributed by atoms with Crippen molar-refractivity contribution in [3.8, 4) is 0 Å². The lowest BCUT2D eigenvalue weighted by Crippen LogP contribution is -2.38. The number of benzene rings is 1. The van der Waals surface area contributed by atoms with Gasteiger partial charge in [-0.25, -0.2) is 4.39 Å². The van der Waals surface area contributed by atoms with Crippen LogP contribution in [0.15, 0.2) is 24.3 Å². The van der Waals surface area contributed by atoms with E-state index >= 15 is 0 Å². The van der Waals surface area contributed by atoms with Crippen molar-refractivity contribution in [1.82, 2.24) is 10.6 Å². The molecule has 2 atom stereocenters. The van der Waals surface area contributed by atoms with E-state index in [1.54, 1.807) is 12.1 Å². The number of hydrogen-bond donors (Lipinski definition) is 2. The van der Waals surface area contributed by atoms with Crippen LogP contribution in [-0.4, -0.2) is 18.5 Å². The summed E-state index contributed by atoms with van der Waals surface area (Å²) < 4.78 is 12.8. The summed E-state index contributed by atoms with van der Waals surface area (Å²) in [5.41, 5.74) is 0.897. The van der Waals surface area contributed by atoms with E-state index in [9.17, 15) is 9.18 Å². The molecule has 0 bridgehead atoms. The smallest absolute Gasteiger partial charge is 0.234 e. The lowest BCUT2D eigenvalue weighted by Gasteiger charge is -2.16. The SMILES string of the molecule is CCC(C)NCC(=O)N[C@@H](C)c1ccc(F)cc1. The topological polar surface area (TPSA) is 41.1 Å². The molecule has 1 unspecified atom stereocenters. The van der Waals surface area contributed by atoms with Gasteiger partial charge in [-0.05, 0) is 38.0 Å². The molecule has 0 heterocycles. The van der Waals surface area contributed by atoms with Crippen molar-refractivity contribution < 1.29 is 9.18 Å². The van der Waals surface area contributed by atoms with Gasteiger partial charge in [-0.15, -0.1) is 0 Å². The molecular formula is C14H21FN2O. The minimum atomic E-state index is -0.268. The zero-order chi connectivity index (χ0) is 13.5. The molecule has 1 aromatic rings. The first kappa shape index (κ1) is 14.6. The van der Waals surface area contributed by atoms with E-state index in [-0.39, 0.29) is 17.8 Å². The van der Waals surface area contributed by atoms with E-state index in [0.29, 0.717) is 12.6 Å². The van der Waals surface area contributed by atoms with E-state index < -0.39 is 0 Å². The summed E-state index contributed by atoms with van der Waals surface area (Å²) in [6.07, 6.45) is 0.987. The summed E-state index contributed by atoms with van der Waals surface area (Å²) in [6, 6.07) is 6.38. The summed E-state index contributed by atoms with van der Waals surface area (Å²) in [6.45, 7) is 6.29. The summed E-state index contributed by atoms with van der Waals surface area (Å²) in [5.74, 6) is -0.317. The van der Waals surface area contributed by atoms with Gasteiger partial charge in [0.05, 0.1) is 12.6 Å². The molecule has 100 valence electrons. The van der Waals surface area contributed by atoms with Crippen molar-refractivity contribution >= 4 is 5.91 Å². The minimum absolute atomic E-state index is 0.0490. The highest BCUT2D eigenvalue weighted by atomic mass is 19.1. The van der Waals surface area contributed by atoms with E-state index in [0.717, 1.165) is 12.0 Å². The molecule has 4 heteroatoms. The van der Waals surface area contributed by atoms with Crippen molar-refractivity contribution in [2.24, 2.45) is 0 Å². The second kappa shape index (κ2) is 7.11. The zero-order valence-corrected chi connectivity index (χ0v) is 11.2. The molecular weight excluding hydrogens is 231 g/mol. The molecule has 0 aliphatic carbocycles. The van der Waals surface area contributed by atoms with Crippen molar-refractivity contribution in [3.05, 3.63) is 35.6 Å². The fourth-order valence-corrected chi connectivity index (χ4v) is 1.54. The van der Waals surface area contributed by atoms with E-state index in [4.69, 9.17) is 0 Å². The summed E-state index contributed by atoms with van der Waals surface area (Å²) in [4.78, 5) is 11.7. The van der Waals surface area contributed by atoms with Crippen LogP contribution in [0.2, 0.25) is 0 Å². The molecule has 1 amide bonds. The van der Waals surface area contributed by atoms with Gasteiger partial charge in [0.25, 0.3) is 0 Å². The Morgan fingerprint density at radius 3 is 2.44 bits per heavy atom. The molecule has 3 nitrogen and oxygen atoms in total. The number of rotatable bonds is 6. The predicted molar refractivity (Wildman–Crippen MR) is 70.7 cm³/mol. The average Bonchev–Trinajstić information content (AvgIpc) is 2.36. The van der Waals surface area contributed by atoms with Gasteiger partial charge >= 0.3 is 0 Å². The summed E-state index contributed by atoms with van der Waals surface area (Å²) in [5, 5.41) is 6.00. The zero-order valence-electron chi connectivity index (χ0n) is 11.2. The molecule has 1 rings (SSSR count). The molecule has 0 aromatic heterocycles. The average molecular weight is 252 g/mol. The highest BCUT2D eigenvalue weighted by Crippen LogP contribution is 2.12. The molecule has 0 fully saturated rings. The number of carbonyl (C=O) groups is 1. The van der Waals surface area contributed by atoms with Crippen LogP contribution < -0.4 is 10.6 Å². The Balaban J connectivity index is 2.42. The Kier molecular flexibility index (Phi) is 5.78. The first-order valence-electron chi connectivity index (χ1n) is 6.31. The van der Waals surface area contributed by atoms with Crippen molar-refractivity contribution in [1.29, 1.82) is 0 Å². The number of carbonyl (C=O) groups excluding carboxylic acids is 1. The number of halogens is 1. The predicted octanol–water partition coefficient (Wildman–Crippen LogP) is 2.39. The highest BCUT2D eigenvalue weighted by molar-refractivity contribution is 5.78. The van der Waals surface area contributed by atoms with Crippen molar-refractivity contribution in [2.75, 3.05) is 6.54 Å². The van der Waals surface area contributed by atoms with E-state index in [2.05, 4.69) is 17.6 Å². The third-order valence-electron chi connectivity index (χ3n) is 2.97. The van der Waals surface area contributed by atoms with Gasteiger partial charge in [-0.2, -0.15) is 0 Å². The maximum Gasteiger partial charge on any atom is 0.234 e. The second-order valence-electron chi connectivity index (χ2n) is 4.53. The second-order valence-corrected chi connectivity index (χ2v) is 4.53. The van der Waals surface area contributed by atoms with Crippen molar-refractivity contribution in [3.63, 3.8) is 0 Å². The summed E-state index contributed by atoms with van der Waals surface area (Å²) >= 11 is 0. The molecule has 0 saturated heterocycles. The van der Waals surface area contributed by atoms with Gasteiger partial charge in [0.15, 0.2) is 0 Å². The van der Waals surface area contributed by atoms with Gasteiger partial charge in [0.2, 0.25) is 5.91 Å². The largest absolute Gasteiger partial charge is 0.348 e. The van der Waals surface area contributed by atoms with Gasteiger partial charge < -0.3 is 10.6 Å². The maximum atomic E-state index is 12.8. The molecule has 0 radical (unpaired) electrons. The maximum absolute atomic E-state index is 12.8. The molecule has 18 heavy (non-hydrogen) atoms. The first-order chi connectivity index (χ1) is 8.52. The van der Waals surface area contributed by atoms with E-state index in [1.807, 2.05) is 13.8 Å². The van der Waals surface area contributed by atoms with Crippen LogP contribution in [0.5, 0.6) is 0 Å². The Labute approximate surface area is 108 Å². The monoisotopic (exact) mass is 252 g/mol. The van der Waals surface area contributed by atoms with Crippen molar-refractivity contribution in [2.45, 2.75) is 39.3 Å². The van der Waals surface area contributed by atoms with Crippen LogP contribution >= 0.6 is 0 Å². The normalized spacial score (nSPS) is 14.0. The van der Waals surface area contributed by atoms with Crippen LogP contribution in [-0.2, 0) is 4.79 Å². The minimum Gasteiger partial charge on any atom is -0.348 e. The molecule has 2 N–H and O–H groups in total. The molecule has 0 spiro atoms. The van der Waals surface area contributed by atoms with Gasteiger partial charge in [-0.3, -0.25) is 4.79 Å². The van der Waals surface area contributed by atoms with Crippen LogP contribution in [0.1, 0.15) is 38.8 Å². The molecule has 1 aromatic carbocycles. The summed E-state index contributed by atoms with van der Waals surface area (Å²) in [7, 11) is 0. The number of hydrogen-bond acceptors (Lipinski definition) is 2. The third kappa shape index (κ3) is 4.84. The number of nitrogens with one attached hydrogen (secondary N) is 2. The third-order valence-corrected chi connectivity index (χ3v) is 2.97. The fourth-order valence-electron chi connectivity index (χ4n) is 1.54. The highest BCUT2D eigenvalue weighted by Gasteiger charge is 2.10. The van der Waals surface area contributed by atoms with Gasteiger partial charge in [0, 0.05) is 6.04 Å². The number of amides is 1. The Bertz CT molecular complexity index is 378.